The molecule has 7 heteroatoms. The molecule has 0 bridgehead atoms. The Labute approximate surface area is 114 Å². The van der Waals surface area contributed by atoms with Gasteiger partial charge in [-0.3, -0.25) is 14.4 Å². The molecule has 1 saturated heterocycles. The Hall–Kier alpha value is -2.57. The fourth-order valence-electron chi connectivity index (χ4n) is 2.01. The molecule has 106 valence electrons. The number of carboxylic acid groups (broad SMARTS) is 1. The molecule has 1 aliphatic rings. The number of aromatic hydroxyl groups is 1. The van der Waals surface area contributed by atoms with Crippen LogP contribution in [0.5, 0.6) is 5.75 Å². The van der Waals surface area contributed by atoms with E-state index in [2.05, 4.69) is 10.6 Å². The van der Waals surface area contributed by atoms with E-state index < -0.39 is 36.3 Å². The average Bonchev–Trinajstić information content (AvgIpc) is 2.37. The summed E-state index contributed by atoms with van der Waals surface area (Å²) in [7, 11) is 0. The van der Waals surface area contributed by atoms with Crippen molar-refractivity contribution < 1.29 is 24.6 Å². The number of phenols is 1. The summed E-state index contributed by atoms with van der Waals surface area (Å²) in [6.45, 7) is 0. The maximum absolute atomic E-state index is 11.8. The van der Waals surface area contributed by atoms with Crippen LogP contribution in [0, 0.1) is 0 Å². The second-order valence-electron chi connectivity index (χ2n) is 4.59. The van der Waals surface area contributed by atoms with Crippen molar-refractivity contribution in [1.82, 2.24) is 10.6 Å². The highest BCUT2D eigenvalue weighted by Gasteiger charge is 2.34. The van der Waals surface area contributed by atoms with Gasteiger partial charge in [-0.05, 0) is 17.7 Å². The lowest BCUT2D eigenvalue weighted by Crippen LogP contribution is -2.62. The van der Waals surface area contributed by atoms with Crippen LogP contribution in [-0.4, -0.2) is 40.1 Å². The predicted octanol–water partition coefficient (Wildman–Crippen LogP) is -0.607. The van der Waals surface area contributed by atoms with Crippen LogP contribution in [0.1, 0.15) is 12.0 Å². The van der Waals surface area contributed by atoms with E-state index in [0.717, 1.165) is 5.56 Å². The molecular weight excluding hydrogens is 264 g/mol. The third kappa shape index (κ3) is 3.25. The third-order valence-electron chi connectivity index (χ3n) is 3.02. The predicted molar refractivity (Wildman–Crippen MR) is 67.9 cm³/mol. The molecular formula is C13H14N2O5. The smallest absolute Gasteiger partial charge is 0.305 e. The molecule has 1 aromatic carbocycles. The summed E-state index contributed by atoms with van der Waals surface area (Å²) >= 11 is 0. The summed E-state index contributed by atoms with van der Waals surface area (Å²) < 4.78 is 0. The standard InChI is InChI=1S/C13H14N2O5/c16-8-3-1-7(2-4-8)5-9-12(19)15-10(6-11(17)18)13(20)14-9/h1-4,9-10,16H,5-6H2,(H,14,20)(H,15,19)(H,17,18). The monoisotopic (exact) mass is 278 g/mol. The Morgan fingerprint density at radius 2 is 1.60 bits per heavy atom. The van der Waals surface area contributed by atoms with Crippen molar-refractivity contribution in [2.45, 2.75) is 24.9 Å². The molecule has 2 rings (SSSR count). The molecule has 0 radical (unpaired) electrons. The second-order valence-corrected chi connectivity index (χ2v) is 4.59. The van der Waals surface area contributed by atoms with E-state index in [1.165, 1.54) is 12.1 Å². The molecule has 2 amide bonds. The van der Waals surface area contributed by atoms with Gasteiger partial charge in [-0.2, -0.15) is 0 Å². The SMILES string of the molecule is O=C(O)CC1NC(=O)C(Cc2ccc(O)cc2)NC1=O. The van der Waals surface area contributed by atoms with Gasteiger partial charge in [0, 0.05) is 6.42 Å². The largest absolute Gasteiger partial charge is 0.508 e. The van der Waals surface area contributed by atoms with Crippen molar-refractivity contribution in [3.8, 4) is 5.75 Å². The number of carboxylic acids is 1. The fraction of sp³-hybridized carbons (Fsp3) is 0.308. The van der Waals surface area contributed by atoms with Gasteiger partial charge in [0.15, 0.2) is 0 Å². The number of phenolic OH excluding ortho intramolecular Hbond substituents is 1. The zero-order chi connectivity index (χ0) is 14.7. The van der Waals surface area contributed by atoms with E-state index in [1.54, 1.807) is 12.1 Å². The van der Waals surface area contributed by atoms with Crippen LogP contribution in [-0.2, 0) is 20.8 Å². The van der Waals surface area contributed by atoms with Crippen molar-refractivity contribution in [3.63, 3.8) is 0 Å². The minimum absolute atomic E-state index is 0.118. The van der Waals surface area contributed by atoms with E-state index in [-0.39, 0.29) is 12.2 Å². The second kappa shape index (κ2) is 5.60. The molecule has 7 nitrogen and oxygen atoms in total. The van der Waals surface area contributed by atoms with E-state index >= 15 is 0 Å². The highest BCUT2D eigenvalue weighted by Crippen LogP contribution is 2.13. The highest BCUT2D eigenvalue weighted by molar-refractivity contribution is 5.98. The molecule has 4 N–H and O–H groups in total. The van der Waals surface area contributed by atoms with Gasteiger partial charge in [0.2, 0.25) is 11.8 Å². The molecule has 1 fully saturated rings. The molecule has 1 aromatic rings. The van der Waals surface area contributed by atoms with Crippen LogP contribution in [0.3, 0.4) is 0 Å². The Morgan fingerprint density at radius 3 is 2.20 bits per heavy atom. The van der Waals surface area contributed by atoms with Gasteiger partial charge in [0.25, 0.3) is 0 Å². The Kier molecular flexibility index (Phi) is 3.88. The van der Waals surface area contributed by atoms with Crippen LogP contribution < -0.4 is 10.6 Å². The van der Waals surface area contributed by atoms with Crippen molar-refractivity contribution in [3.05, 3.63) is 29.8 Å². The number of aliphatic carboxylic acids is 1. The summed E-state index contributed by atoms with van der Waals surface area (Å²) in [4.78, 5) is 34.1. The zero-order valence-electron chi connectivity index (χ0n) is 10.5. The third-order valence-corrected chi connectivity index (χ3v) is 3.02. The molecule has 0 aliphatic carbocycles. The van der Waals surface area contributed by atoms with Crippen LogP contribution in [0.15, 0.2) is 24.3 Å². The quantitative estimate of drug-likeness (QED) is 0.586. The number of rotatable bonds is 4. The van der Waals surface area contributed by atoms with E-state index in [4.69, 9.17) is 5.11 Å². The van der Waals surface area contributed by atoms with Gasteiger partial charge in [0.1, 0.15) is 17.8 Å². The van der Waals surface area contributed by atoms with Gasteiger partial charge < -0.3 is 20.8 Å². The molecule has 0 saturated carbocycles. The first-order valence-electron chi connectivity index (χ1n) is 6.06. The number of piperazine rings is 1. The number of carbonyl (C=O) groups excluding carboxylic acids is 2. The number of benzene rings is 1. The van der Waals surface area contributed by atoms with E-state index in [1.807, 2.05) is 0 Å². The summed E-state index contributed by atoms with van der Waals surface area (Å²) in [5.41, 5.74) is 0.778. The first-order chi connectivity index (χ1) is 9.45. The summed E-state index contributed by atoms with van der Waals surface area (Å²) in [5, 5.41) is 22.7. The molecule has 2 atom stereocenters. The van der Waals surface area contributed by atoms with Crippen LogP contribution >= 0.6 is 0 Å². The minimum atomic E-state index is -1.15. The fourth-order valence-corrected chi connectivity index (χ4v) is 2.01. The number of nitrogens with one attached hydrogen (secondary N) is 2. The number of hydrogen-bond donors (Lipinski definition) is 4. The Balaban J connectivity index is 2.01. The summed E-state index contributed by atoms with van der Waals surface area (Å²) in [5.74, 6) is -1.95. The minimum Gasteiger partial charge on any atom is -0.508 e. The number of carbonyl (C=O) groups is 3. The van der Waals surface area contributed by atoms with Crippen molar-refractivity contribution in [1.29, 1.82) is 0 Å². The van der Waals surface area contributed by atoms with Crippen LogP contribution in [0.4, 0.5) is 0 Å². The Morgan fingerprint density at radius 1 is 1.05 bits per heavy atom. The van der Waals surface area contributed by atoms with Crippen molar-refractivity contribution >= 4 is 17.8 Å². The molecule has 20 heavy (non-hydrogen) atoms. The van der Waals surface area contributed by atoms with E-state index in [9.17, 15) is 19.5 Å². The van der Waals surface area contributed by atoms with Crippen LogP contribution in [0.2, 0.25) is 0 Å². The van der Waals surface area contributed by atoms with Crippen LogP contribution in [0.25, 0.3) is 0 Å². The van der Waals surface area contributed by atoms with Gasteiger partial charge in [0.05, 0.1) is 6.42 Å². The molecule has 1 aliphatic heterocycles. The van der Waals surface area contributed by atoms with Gasteiger partial charge in [-0.15, -0.1) is 0 Å². The van der Waals surface area contributed by atoms with E-state index in [0.29, 0.717) is 0 Å². The lowest BCUT2D eigenvalue weighted by molar-refractivity contribution is -0.143. The molecule has 0 spiro atoms. The maximum atomic E-state index is 11.8. The highest BCUT2D eigenvalue weighted by atomic mass is 16.4. The Bertz CT molecular complexity index is 540. The first kappa shape index (κ1) is 13.9. The topological polar surface area (TPSA) is 116 Å². The molecule has 1 heterocycles. The first-order valence-corrected chi connectivity index (χ1v) is 6.06. The summed E-state index contributed by atoms with van der Waals surface area (Å²) in [6.07, 6.45) is -0.166. The lowest BCUT2D eigenvalue weighted by atomic mass is 10.0. The van der Waals surface area contributed by atoms with Crippen molar-refractivity contribution in [2.75, 3.05) is 0 Å². The lowest BCUT2D eigenvalue weighted by Gasteiger charge is -2.28. The maximum Gasteiger partial charge on any atom is 0.305 e. The molecule has 2 unspecified atom stereocenters. The van der Waals surface area contributed by atoms with Gasteiger partial charge >= 0.3 is 5.97 Å². The van der Waals surface area contributed by atoms with Gasteiger partial charge in [-0.25, -0.2) is 0 Å². The van der Waals surface area contributed by atoms with Crippen molar-refractivity contribution in [2.24, 2.45) is 0 Å². The van der Waals surface area contributed by atoms with Gasteiger partial charge in [-0.1, -0.05) is 12.1 Å². The average molecular weight is 278 g/mol. The number of hydrogen-bond acceptors (Lipinski definition) is 4. The normalized spacial score (nSPS) is 22.0. The summed E-state index contributed by atoms with van der Waals surface area (Å²) in [6, 6.07) is 4.51. The zero-order valence-corrected chi connectivity index (χ0v) is 10.5. The molecule has 0 aromatic heterocycles. The number of amides is 2.